The lowest BCUT2D eigenvalue weighted by atomic mass is 10.0. The second-order valence-electron chi connectivity index (χ2n) is 5.10. The first-order chi connectivity index (χ1) is 10.1. The third-order valence-corrected chi connectivity index (χ3v) is 4.16. The number of amides is 3. The monoisotopic (exact) mass is 400 g/mol. The molecule has 1 N–H and O–H groups in total. The predicted molar refractivity (Wildman–Crippen MR) is 81.3 cm³/mol. The Balaban J connectivity index is 1.88. The number of hydrogen-bond donors (Lipinski definition) is 1. The van der Waals surface area contributed by atoms with Crippen molar-refractivity contribution in [2.24, 2.45) is 0 Å². The average molecular weight is 400 g/mol. The van der Waals surface area contributed by atoms with Crippen LogP contribution < -0.4 is 5.32 Å². The van der Waals surface area contributed by atoms with Crippen molar-refractivity contribution >= 4 is 40.7 Å². The molecule has 1 unspecified atom stereocenters. The molecule has 1 saturated heterocycles. The fourth-order valence-corrected chi connectivity index (χ4v) is 3.20. The maximum atomic E-state index is 12.6. The molecule has 0 aliphatic carbocycles. The minimum absolute atomic E-state index is 0.163. The normalized spacial score (nSPS) is 21.5. The first kappa shape index (κ1) is 14.5. The van der Waals surface area contributed by atoms with Crippen LogP contribution >= 0.6 is 23.0 Å². The second-order valence-corrected chi connectivity index (χ2v) is 5.73. The fourth-order valence-electron chi connectivity index (χ4n) is 2.87. The third kappa shape index (κ3) is 2.55. The van der Waals surface area contributed by atoms with Gasteiger partial charge in [0.05, 0.1) is 12.2 Å². The largest absolute Gasteiger partial charge is 0.322 e. The van der Waals surface area contributed by atoms with Gasteiger partial charge in [0.15, 0.2) is 0 Å². The Morgan fingerprint density at radius 3 is 2.86 bits per heavy atom. The molecule has 6 nitrogen and oxygen atoms in total. The lowest BCUT2D eigenvalue weighted by Gasteiger charge is -2.29. The van der Waals surface area contributed by atoms with Crippen LogP contribution in [0.25, 0.3) is 0 Å². The van der Waals surface area contributed by atoms with Gasteiger partial charge in [-0.2, -0.15) is 0 Å². The summed E-state index contributed by atoms with van der Waals surface area (Å²) in [6.45, 7) is 0.744. The average Bonchev–Trinajstić information content (AvgIpc) is 2.78. The molecule has 0 aromatic heterocycles. The smallest absolute Gasteiger partial charge is 0.255 e. The van der Waals surface area contributed by atoms with E-state index in [1.165, 1.54) is 0 Å². The van der Waals surface area contributed by atoms with Gasteiger partial charge in [-0.05, 0) is 17.5 Å². The van der Waals surface area contributed by atoms with Crippen molar-refractivity contribution < 1.29 is 17.4 Å². The SMILES string of the molecule is O=C1CCC(N2Cc3cccc(COI)c3C2=O)C(=O)N1. The topological polar surface area (TPSA) is 75.7 Å². The van der Waals surface area contributed by atoms with Gasteiger partial charge in [-0.1, -0.05) is 18.2 Å². The maximum absolute atomic E-state index is 12.6. The van der Waals surface area contributed by atoms with Gasteiger partial charge in [0, 0.05) is 13.0 Å². The third-order valence-electron chi connectivity index (χ3n) is 3.85. The van der Waals surface area contributed by atoms with Gasteiger partial charge < -0.3 is 7.97 Å². The van der Waals surface area contributed by atoms with E-state index in [4.69, 9.17) is 3.07 Å². The summed E-state index contributed by atoms with van der Waals surface area (Å²) in [5.41, 5.74) is 2.34. The van der Waals surface area contributed by atoms with Crippen molar-refractivity contribution in [3.05, 3.63) is 34.9 Å². The summed E-state index contributed by atoms with van der Waals surface area (Å²) in [7, 11) is 0. The molecule has 3 amide bonds. The number of benzene rings is 1. The van der Waals surface area contributed by atoms with E-state index in [0.717, 1.165) is 11.1 Å². The summed E-state index contributed by atoms with van der Waals surface area (Å²) in [5, 5.41) is 2.30. The fraction of sp³-hybridized carbons (Fsp3) is 0.357. The van der Waals surface area contributed by atoms with Crippen molar-refractivity contribution in [2.45, 2.75) is 32.0 Å². The van der Waals surface area contributed by atoms with Crippen LogP contribution in [0.4, 0.5) is 0 Å². The Labute approximate surface area is 135 Å². The van der Waals surface area contributed by atoms with Crippen molar-refractivity contribution in [1.29, 1.82) is 0 Å². The molecule has 7 heteroatoms. The molecule has 2 aliphatic rings. The van der Waals surface area contributed by atoms with Gasteiger partial charge in [-0.25, -0.2) is 0 Å². The summed E-state index contributed by atoms with van der Waals surface area (Å²) in [4.78, 5) is 37.3. The molecule has 1 aromatic carbocycles. The molecular formula is C14H13IN2O4. The number of imide groups is 1. The molecule has 1 aromatic rings. The van der Waals surface area contributed by atoms with E-state index < -0.39 is 6.04 Å². The lowest BCUT2D eigenvalue weighted by Crippen LogP contribution is -2.52. The van der Waals surface area contributed by atoms with Crippen LogP contribution in [0.5, 0.6) is 0 Å². The van der Waals surface area contributed by atoms with Crippen molar-refractivity contribution in [2.75, 3.05) is 0 Å². The van der Waals surface area contributed by atoms with Crippen molar-refractivity contribution in [3.8, 4) is 0 Å². The quantitative estimate of drug-likeness (QED) is 0.614. The van der Waals surface area contributed by atoms with E-state index in [1.54, 1.807) is 27.9 Å². The Bertz CT molecular complexity index is 631. The minimum atomic E-state index is -0.573. The van der Waals surface area contributed by atoms with Crippen molar-refractivity contribution in [3.63, 3.8) is 0 Å². The number of rotatable bonds is 3. The zero-order valence-electron chi connectivity index (χ0n) is 11.1. The second kappa shape index (κ2) is 5.72. The summed E-state index contributed by atoms with van der Waals surface area (Å²) in [6, 6.07) is 5.04. The highest BCUT2D eigenvalue weighted by Crippen LogP contribution is 2.30. The molecule has 1 atom stereocenters. The number of hydrogen-bond acceptors (Lipinski definition) is 4. The van der Waals surface area contributed by atoms with Gasteiger partial charge in [-0.3, -0.25) is 19.7 Å². The summed E-state index contributed by atoms with van der Waals surface area (Å²) >= 11 is 1.79. The molecule has 1 fully saturated rings. The van der Waals surface area contributed by atoms with Gasteiger partial charge in [0.1, 0.15) is 29.0 Å². The Kier molecular flexibility index (Phi) is 3.94. The molecule has 0 spiro atoms. The molecule has 3 rings (SSSR count). The maximum Gasteiger partial charge on any atom is 0.255 e. The highest BCUT2D eigenvalue weighted by atomic mass is 127. The van der Waals surface area contributed by atoms with E-state index in [2.05, 4.69) is 5.32 Å². The van der Waals surface area contributed by atoms with Crippen LogP contribution in [-0.2, 0) is 25.8 Å². The predicted octanol–water partition coefficient (Wildman–Crippen LogP) is 1.31. The Morgan fingerprint density at radius 1 is 1.33 bits per heavy atom. The van der Waals surface area contributed by atoms with Crippen LogP contribution in [0.3, 0.4) is 0 Å². The number of piperidine rings is 1. The molecule has 0 saturated carbocycles. The summed E-state index contributed by atoms with van der Waals surface area (Å²) in [6.07, 6.45) is 0.642. The van der Waals surface area contributed by atoms with Gasteiger partial charge in [0.2, 0.25) is 11.8 Å². The van der Waals surface area contributed by atoms with Crippen LogP contribution in [-0.4, -0.2) is 28.7 Å². The number of carbonyl (C=O) groups excluding carboxylic acids is 3. The van der Waals surface area contributed by atoms with E-state index in [1.807, 2.05) is 18.2 Å². The van der Waals surface area contributed by atoms with E-state index in [9.17, 15) is 14.4 Å². The van der Waals surface area contributed by atoms with Crippen molar-refractivity contribution in [1.82, 2.24) is 10.2 Å². The molecule has 2 aliphatic heterocycles. The van der Waals surface area contributed by atoms with Crippen LogP contribution in [0.15, 0.2) is 18.2 Å². The Morgan fingerprint density at radius 2 is 2.14 bits per heavy atom. The first-order valence-electron chi connectivity index (χ1n) is 6.60. The lowest BCUT2D eigenvalue weighted by molar-refractivity contribution is -0.136. The highest BCUT2D eigenvalue weighted by molar-refractivity contribution is 14.1. The van der Waals surface area contributed by atoms with E-state index in [-0.39, 0.29) is 24.1 Å². The van der Waals surface area contributed by atoms with E-state index >= 15 is 0 Å². The summed E-state index contributed by atoms with van der Waals surface area (Å²) in [5.74, 6) is -0.831. The number of nitrogens with one attached hydrogen (secondary N) is 1. The number of fused-ring (bicyclic) bond motifs is 1. The van der Waals surface area contributed by atoms with E-state index in [0.29, 0.717) is 25.1 Å². The number of nitrogens with zero attached hydrogens (tertiary/aromatic N) is 1. The van der Waals surface area contributed by atoms with Gasteiger partial charge in [-0.15, -0.1) is 0 Å². The summed E-state index contributed by atoms with van der Waals surface area (Å²) < 4.78 is 5.09. The zero-order chi connectivity index (χ0) is 15.0. The standard InChI is InChI=1S/C14H13IN2O4/c15-21-7-9-3-1-2-8-6-17(14(20)12(8)9)10-4-5-11(18)16-13(10)19/h1-3,10H,4-7H2,(H,16,18,19). The molecule has 2 heterocycles. The zero-order valence-corrected chi connectivity index (χ0v) is 13.3. The number of halogens is 1. The van der Waals surface area contributed by atoms with Gasteiger partial charge >= 0.3 is 0 Å². The number of carbonyl (C=O) groups is 3. The minimum Gasteiger partial charge on any atom is -0.322 e. The van der Waals surface area contributed by atoms with Gasteiger partial charge in [0.25, 0.3) is 5.91 Å². The molecule has 0 radical (unpaired) electrons. The van der Waals surface area contributed by atoms with Crippen LogP contribution in [0.2, 0.25) is 0 Å². The molecular weight excluding hydrogens is 387 g/mol. The molecule has 110 valence electrons. The van der Waals surface area contributed by atoms with Crippen LogP contribution in [0, 0.1) is 0 Å². The first-order valence-corrected chi connectivity index (χ1v) is 7.49. The molecule has 0 bridgehead atoms. The highest BCUT2D eigenvalue weighted by Gasteiger charge is 2.39. The Hall–Kier alpha value is -1.48. The van der Waals surface area contributed by atoms with Crippen LogP contribution in [0.1, 0.15) is 34.3 Å². The molecule has 21 heavy (non-hydrogen) atoms.